The van der Waals surface area contributed by atoms with Crippen molar-refractivity contribution in [2.45, 2.75) is 38.3 Å². The van der Waals surface area contributed by atoms with E-state index in [-0.39, 0.29) is 12.1 Å². The minimum Gasteiger partial charge on any atom is -0.338 e. The molecule has 1 N–H and O–H groups in total. The molecule has 2 heterocycles. The maximum Gasteiger partial charge on any atom is 0.317 e. The molecular formula is C14H24N4O3S2. The maximum atomic E-state index is 12.0. The monoisotopic (exact) mass is 360 g/mol. The van der Waals surface area contributed by atoms with Crippen molar-refractivity contribution < 1.29 is 13.2 Å². The number of rotatable bonds is 6. The highest BCUT2D eigenvalue weighted by Gasteiger charge is 2.28. The fraction of sp³-hybridized carbons (Fsp3) is 0.714. The molecule has 7 nitrogen and oxygen atoms in total. The molecule has 0 saturated carbocycles. The molecule has 1 fully saturated rings. The van der Waals surface area contributed by atoms with Gasteiger partial charge in [-0.15, -0.1) is 11.3 Å². The number of carbonyl (C=O) groups excluding carboxylic acids is 1. The predicted molar refractivity (Wildman–Crippen MR) is 90.8 cm³/mol. The number of hydrogen-bond donors (Lipinski definition) is 1. The van der Waals surface area contributed by atoms with Gasteiger partial charge in [-0.2, -0.15) is 4.31 Å². The van der Waals surface area contributed by atoms with Crippen molar-refractivity contribution in [1.82, 2.24) is 19.5 Å². The first-order valence-corrected chi connectivity index (χ1v) is 10.4. The zero-order chi connectivity index (χ0) is 16.9. The summed E-state index contributed by atoms with van der Waals surface area (Å²) in [4.78, 5) is 17.8. The summed E-state index contributed by atoms with van der Waals surface area (Å²) in [5.41, 5.74) is 0. The van der Waals surface area contributed by atoms with Crippen molar-refractivity contribution in [2.24, 2.45) is 0 Å². The van der Waals surface area contributed by atoms with Crippen LogP contribution < -0.4 is 5.32 Å². The minimum absolute atomic E-state index is 0.0108. The van der Waals surface area contributed by atoms with Crippen LogP contribution in [0.5, 0.6) is 0 Å². The second-order valence-corrected chi connectivity index (χ2v) is 8.74. The number of piperidine rings is 1. The topological polar surface area (TPSA) is 82.6 Å². The Labute approximate surface area is 141 Å². The van der Waals surface area contributed by atoms with Gasteiger partial charge in [0.25, 0.3) is 0 Å². The molecule has 0 bridgehead atoms. The van der Waals surface area contributed by atoms with Gasteiger partial charge >= 0.3 is 6.03 Å². The summed E-state index contributed by atoms with van der Waals surface area (Å²) >= 11 is 1.51. The van der Waals surface area contributed by atoms with Gasteiger partial charge in [0.15, 0.2) is 0 Å². The summed E-state index contributed by atoms with van der Waals surface area (Å²) in [6.07, 6.45) is 6.42. The Balaban J connectivity index is 1.77. The highest BCUT2D eigenvalue weighted by molar-refractivity contribution is 7.88. The van der Waals surface area contributed by atoms with E-state index in [0.29, 0.717) is 26.1 Å². The van der Waals surface area contributed by atoms with Gasteiger partial charge < -0.3 is 10.2 Å². The number of nitrogens with one attached hydrogen (secondary N) is 1. The van der Waals surface area contributed by atoms with E-state index < -0.39 is 10.0 Å². The van der Waals surface area contributed by atoms with Gasteiger partial charge in [-0.05, 0) is 19.3 Å². The normalized spacial score (nSPS) is 19.5. The van der Waals surface area contributed by atoms with Crippen LogP contribution in [0.4, 0.5) is 4.79 Å². The van der Waals surface area contributed by atoms with Crippen molar-refractivity contribution in [3.8, 4) is 0 Å². The average molecular weight is 361 g/mol. The first-order valence-electron chi connectivity index (χ1n) is 7.72. The smallest absolute Gasteiger partial charge is 0.317 e. The molecule has 0 aliphatic carbocycles. The summed E-state index contributed by atoms with van der Waals surface area (Å²) in [5, 5.41) is 5.62. The Bertz CT molecular complexity index is 604. The summed E-state index contributed by atoms with van der Waals surface area (Å²) < 4.78 is 25.2. The Morgan fingerprint density at radius 2 is 2.30 bits per heavy atom. The SMILES string of the molecule is CN(Cc1nccs1)C(=O)NCCC1CCCCN1S(C)(=O)=O. The van der Waals surface area contributed by atoms with Crippen LogP contribution in [-0.2, 0) is 16.6 Å². The van der Waals surface area contributed by atoms with E-state index in [2.05, 4.69) is 10.3 Å². The number of hydrogen-bond acceptors (Lipinski definition) is 5. The molecule has 1 atom stereocenters. The maximum absolute atomic E-state index is 12.0. The van der Waals surface area contributed by atoms with Crippen molar-refractivity contribution in [1.29, 1.82) is 0 Å². The lowest BCUT2D eigenvalue weighted by Gasteiger charge is -2.33. The second-order valence-electron chi connectivity index (χ2n) is 5.83. The van der Waals surface area contributed by atoms with Gasteiger partial charge in [0.1, 0.15) is 5.01 Å². The quantitative estimate of drug-likeness (QED) is 0.833. The van der Waals surface area contributed by atoms with Gasteiger partial charge in [0, 0.05) is 37.8 Å². The molecule has 9 heteroatoms. The third-order valence-corrected chi connectivity index (χ3v) is 6.05. The second kappa shape index (κ2) is 8.07. The summed E-state index contributed by atoms with van der Waals surface area (Å²) in [6.45, 7) is 1.53. The molecule has 2 rings (SSSR count). The Kier molecular flexibility index (Phi) is 6.37. The van der Waals surface area contributed by atoms with Crippen LogP contribution in [0.2, 0.25) is 0 Å². The minimum atomic E-state index is -3.17. The Morgan fingerprint density at radius 1 is 1.52 bits per heavy atom. The number of amides is 2. The molecule has 1 saturated heterocycles. The summed E-state index contributed by atoms with van der Waals surface area (Å²) in [6, 6.07) is -0.176. The highest BCUT2D eigenvalue weighted by atomic mass is 32.2. The lowest BCUT2D eigenvalue weighted by atomic mass is 10.0. The molecular weight excluding hydrogens is 336 g/mol. The van der Waals surface area contributed by atoms with Gasteiger partial charge in [0.2, 0.25) is 10.0 Å². The van der Waals surface area contributed by atoms with E-state index in [1.54, 1.807) is 22.4 Å². The largest absolute Gasteiger partial charge is 0.338 e. The van der Waals surface area contributed by atoms with Crippen LogP contribution in [0.15, 0.2) is 11.6 Å². The number of nitrogens with zero attached hydrogens (tertiary/aromatic N) is 3. The van der Waals surface area contributed by atoms with Crippen LogP contribution in [0, 0.1) is 0 Å². The zero-order valence-corrected chi connectivity index (χ0v) is 15.2. The van der Waals surface area contributed by atoms with E-state index in [4.69, 9.17) is 0 Å². The van der Waals surface area contributed by atoms with Gasteiger partial charge in [-0.3, -0.25) is 0 Å². The van der Waals surface area contributed by atoms with Crippen LogP contribution >= 0.6 is 11.3 Å². The Hall–Kier alpha value is -1.19. The molecule has 2 amide bonds. The van der Waals surface area contributed by atoms with Crippen molar-refractivity contribution in [2.75, 3.05) is 26.4 Å². The Morgan fingerprint density at radius 3 is 2.96 bits per heavy atom. The van der Waals surface area contributed by atoms with Crippen molar-refractivity contribution >= 4 is 27.4 Å². The number of sulfonamides is 1. The van der Waals surface area contributed by atoms with Crippen molar-refractivity contribution in [3.63, 3.8) is 0 Å². The molecule has 0 spiro atoms. The van der Waals surface area contributed by atoms with Gasteiger partial charge in [-0.25, -0.2) is 18.2 Å². The molecule has 130 valence electrons. The summed E-state index contributed by atoms with van der Waals surface area (Å²) in [7, 11) is -1.45. The van der Waals surface area contributed by atoms with Gasteiger partial charge in [0.05, 0.1) is 12.8 Å². The summed E-state index contributed by atoms with van der Waals surface area (Å²) in [5.74, 6) is 0. The number of carbonyl (C=O) groups is 1. The lowest BCUT2D eigenvalue weighted by Crippen LogP contribution is -2.45. The zero-order valence-electron chi connectivity index (χ0n) is 13.6. The molecule has 1 aliphatic rings. The molecule has 1 aliphatic heterocycles. The van der Waals surface area contributed by atoms with E-state index in [0.717, 1.165) is 24.3 Å². The molecule has 1 aromatic rings. The molecule has 23 heavy (non-hydrogen) atoms. The fourth-order valence-electron chi connectivity index (χ4n) is 2.79. The van der Waals surface area contributed by atoms with Crippen molar-refractivity contribution in [3.05, 3.63) is 16.6 Å². The van der Waals surface area contributed by atoms with Gasteiger partial charge in [-0.1, -0.05) is 6.42 Å². The third-order valence-electron chi connectivity index (χ3n) is 3.96. The predicted octanol–water partition coefficient (Wildman–Crippen LogP) is 1.49. The van der Waals surface area contributed by atoms with Crippen LogP contribution in [0.3, 0.4) is 0 Å². The third kappa shape index (κ3) is 5.43. The average Bonchev–Trinajstić information content (AvgIpc) is 2.99. The van der Waals surface area contributed by atoms with Crippen LogP contribution in [0.25, 0.3) is 0 Å². The molecule has 1 aromatic heterocycles. The lowest BCUT2D eigenvalue weighted by molar-refractivity contribution is 0.202. The fourth-order valence-corrected chi connectivity index (χ4v) is 4.67. The van der Waals surface area contributed by atoms with E-state index in [1.807, 2.05) is 5.38 Å². The first kappa shape index (κ1) is 18.2. The van der Waals surface area contributed by atoms with E-state index >= 15 is 0 Å². The van der Waals surface area contributed by atoms with Crippen LogP contribution in [-0.4, -0.2) is 61.1 Å². The first-order chi connectivity index (χ1) is 10.9. The number of thiazole rings is 1. The van der Waals surface area contributed by atoms with E-state index in [1.165, 1.54) is 17.6 Å². The molecule has 1 unspecified atom stereocenters. The highest BCUT2D eigenvalue weighted by Crippen LogP contribution is 2.21. The number of aromatic nitrogens is 1. The number of urea groups is 1. The molecule has 0 aromatic carbocycles. The van der Waals surface area contributed by atoms with Crippen LogP contribution in [0.1, 0.15) is 30.7 Å². The van der Waals surface area contributed by atoms with E-state index in [9.17, 15) is 13.2 Å². The molecule has 0 radical (unpaired) electrons. The standard InChI is InChI=1S/C14H24N4O3S2/c1-17(11-13-15-8-10-22-13)14(19)16-7-6-12-5-3-4-9-18(12)23(2,20)21/h8,10,12H,3-7,9,11H2,1-2H3,(H,16,19).